The summed E-state index contributed by atoms with van der Waals surface area (Å²) in [6.07, 6.45) is 4.97. The Labute approximate surface area is 119 Å². The molecular formula is C14H13FINO. The van der Waals surface area contributed by atoms with Gasteiger partial charge in [-0.05, 0) is 59.7 Å². The summed E-state index contributed by atoms with van der Waals surface area (Å²) in [5.41, 5.74) is 2.22. The van der Waals surface area contributed by atoms with E-state index in [2.05, 4.69) is 27.9 Å². The van der Waals surface area contributed by atoms with Gasteiger partial charge in [0, 0.05) is 21.2 Å². The Morgan fingerprint density at radius 3 is 3.06 bits per heavy atom. The number of rotatable bonds is 2. The van der Waals surface area contributed by atoms with E-state index >= 15 is 0 Å². The molecule has 18 heavy (non-hydrogen) atoms. The number of aryl methyl sites for hydroxylation is 1. The molecule has 0 spiro atoms. The summed E-state index contributed by atoms with van der Waals surface area (Å²) in [6.45, 7) is 0. The molecule has 1 N–H and O–H groups in total. The van der Waals surface area contributed by atoms with E-state index in [1.807, 2.05) is 6.07 Å². The summed E-state index contributed by atoms with van der Waals surface area (Å²) in [6, 6.07) is 7.13. The lowest BCUT2D eigenvalue weighted by molar-refractivity contribution is 0.461. The van der Waals surface area contributed by atoms with E-state index in [-0.39, 0.29) is 11.9 Å². The zero-order valence-electron chi connectivity index (χ0n) is 9.75. The van der Waals surface area contributed by atoms with Gasteiger partial charge < -0.3 is 9.73 Å². The maximum Gasteiger partial charge on any atom is 0.124 e. The van der Waals surface area contributed by atoms with E-state index in [9.17, 15) is 4.39 Å². The standard InChI is InChI=1S/C14H13FINO/c15-9-4-5-13(11(16)8-9)17-12-2-1-3-14-10(12)6-7-18-14/h4-8,12,17H,1-3H2. The molecule has 4 heteroatoms. The van der Waals surface area contributed by atoms with Crippen LogP contribution in [0.2, 0.25) is 0 Å². The third-order valence-electron chi connectivity index (χ3n) is 3.31. The van der Waals surface area contributed by atoms with Crippen molar-refractivity contribution < 1.29 is 8.81 Å². The van der Waals surface area contributed by atoms with Crippen molar-refractivity contribution in [3.63, 3.8) is 0 Å². The zero-order chi connectivity index (χ0) is 12.5. The fourth-order valence-corrected chi connectivity index (χ4v) is 3.06. The summed E-state index contributed by atoms with van der Waals surface area (Å²) in [5.74, 6) is 0.883. The minimum absolute atomic E-state index is 0.197. The number of fused-ring (bicyclic) bond motifs is 1. The predicted molar refractivity (Wildman–Crippen MR) is 77.1 cm³/mol. The topological polar surface area (TPSA) is 25.2 Å². The zero-order valence-corrected chi connectivity index (χ0v) is 11.9. The van der Waals surface area contributed by atoms with Gasteiger partial charge in [-0.1, -0.05) is 0 Å². The van der Waals surface area contributed by atoms with Crippen molar-refractivity contribution in [1.82, 2.24) is 0 Å². The molecule has 2 aromatic rings. The number of hydrogen-bond donors (Lipinski definition) is 1. The highest BCUT2D eigenvalue weighted by molar-refractivity contribution is 14.1. The molecule has 1 aromatic heterocycles. The molecule has 1 atom stereocenters. The number of anilines is 1. The van der Waals surface area contributed by atoms with Gasteiger partial charge in [-0.25, -0.2) is 4.39 Å². The fraction of sp³-hybridized carbons (Fsp3) is 0.286. The second-order valence-corrected chi connectivity index (χ2v) is 5.67. The van der Waals surface area contributed by atoms with Gasteiger partial charge in [0.05, 0.1) is 12.3 Å². The van der Waals surface area contributed by atoms with Crippen LogP contribution in [0.4, 0.5) is 10.1 Å². The van der Waals surface area contributed by atoms with E-state index in [1.54, 1.807) is 18.4 Å². The van der Waals surface area contributed by atoms with Crippen LogP contribution in [0.25, 0.3) is 0 Å². The average Bonchev–Trinajstić information content (AvgIpc) is 2.82. The highest BCUT2D eigenvalue weighted by Gasteiger charge is 2.22. The molecule has 0 bridgehead atoms. The van der Waals surface area contributed by atoms with Crippen molar-refractivity contribution in [3.05, 3.63) is 51.2 Å². The molecule has 1 aromatic carbocycles. The Bertz CT molecular complexity index is 567. The second-order valence-electron chi connectivity index (χ2n) is 4.51. The first kappa shape index (κ1) is 12.0. The average molecular weight is 357 g/mol. The van der Waals surface area contributed by atoms with Crippen LogP contribution in [0, 0.1) is 9.39 Å². The SMILES string of the molecule is Fc1ccc(NC2CCCc3occc32)c(I)c1. The molecule has 0 radical (unpaired) electrons. The van der Waals surface area contributed by atoms with E-state index in [1.165, 1.54) is 11.6 Å². The summed E-state index contributed by atoms with van der Waals surface area (Å²) in [5, 5.41) is 3.48. The van der Waals surface area contributed by atoms with Gasteiger partial charge >= 0.3 is 0 Å². The van der Waals surface area contributed by atoms with Crippen LogP contribution in [0.3, 0.4) is 0 Å². The van der Waals surface area contributed by atoms with E-state index in [0.29, 0.717) is 0 Å². The van der Waals surface area contributed by atoms with Crippen molar-refractivity contribution >= 4 is 28.3 Å². The van der Waals surface area contributed by atoms with Gasteiger partial charge in [0.2, 0.25) is 0 Å². The van der Waals surface area contributed by atoms with Crippen molar-refractivity contribution in [1.29, 1.82) is 0 Å². The van der Waals surface area contributed by atoms with Gasteiger partial charge in [-0.15, -0.1) is 0 Å². The van der Waals surface area contributed by atoms with Crippen LogP contribution < -0.4 is 5.32 Å². The van der Waals surface area contributed by atoms with Crippen molar-refractivity contribution in [2.45, 2.75) is 25.3 Å². The van der Waals surface area contributed by atoms with Gasteiger partial charge in [0.15, 0.2) is 0 Å². The fourth-order valence-electron chi connectivity index (χ4n) is 2.43. The molecule has 0 amide bonds. The normalized spacial score (nSPS) is 18.4. The number of hydrogen-bond acceptors (Lipinski definition) is 2. The van der Waals surface area contributed by atoms with E-state index in [0.717, 1.165) is 34.3 Å². The summed E-state index contributed by atoms with van der Waals surface area (Å²) in [4.78, 5) is 0. The van der Waals surface area contributed by atoms with Crippen LogP contribution in [0.1, 0.15) is 30.2 Å². The molecule has 1 aliphatic carbocycles. The maximum absolute atomic E-state index is 13.1. The van der Waals surface area contributed by atoms with Gasteiger partial charge in [-0.3, -0.25) is 0 Å². The number of benzene rings is 1. The largest absolute Gasteiger partial charge is 0.469 e. The monoisotopic (exact) mass is 357 g/mol. The minimum Gasteiger partial charge on any atom is -0.469 e. The molecule has 1 aliphatic rings. The molecule has 1 unspecified atom stereocenters. The summed E-state index contributed by atoms with van der Waals surface area (Å²) < 4.78 is 19.4. The van der Waals surface area contributed by atoms with Crippen LogP contribution in [0.15, 0.2) is 34.9 Å². The predicted octanol–water partition coefficient (Wildman–Crippen LogP) is 4.51. The molecule has 0 saturated heterocycles. The van der Waals surface area contributed by atoms with E-state index < -0.39 is 0 Å². The molecule has 3 rings (SSSR count). The first-order chi connectivity index (χ1) is 8.74. The molecule has 0 saturated carbocycles. The smallest absolute Gasteiger partial charge is 0.124 e. The minimum atomic E-state index is -0.197. The molecule has 0 fully saturated rings. The Kier molecular flexibility index (Phi) is 3.28. The Morgan fingerprint density at radius 1 is 1.33 bits per heavy atom. The lowest BCUT2D eigenvalue weighted by Crippen LogP contribution is -2.16. The second kappa shape index (κ2) is 4.91. The third-order valence-corrected chi connectivity index (χ3v) is 4.21. The highest BCUT2D eigenvalue weighted by atomic mass is 127. The van der Waals surface area contributed by atoms with Crippen LogP contribution in [0.5, 0.6) is 0 Å². The number of halogens is 2. The lowest BCUT2D eigenvalue weighted by atomic mass is 9.93. The van der Waals surface area contributed by atoms with Gasteiger partial charge in [0.1, 0.15) is 11.6 Å². The Hall–Kier alpha value is -1.04. The first-order valence-electron chi connectivity index (χ1n) is 6.02. The van der Waals surface area contributed by atoms with E-state index in [4.69, 9.17) is 4.42 Å². The van der Waals surface area contributed by atoms with Crippen molar-refractivity contribution in [2.24, 2.45) is 0 Å². The third kappa shape index (κ3) is 2.25. The van der Waals surface area contributed by atoms with Crippen molar-refractivity contribution in [3.8, 4) is 0 Å². The van der Waals surface area contributed by atoms with Crippen LogP contribution in [-0.4, -0.2) is 0 Å². The molecule has 0 aliphatic heterocycles. The number of nitrogens with one attached hydrogen (secondary N) is 1. The Morgan fingerprint density at radius 2 is 2.22 bits per heavy atom. The first-order valence-corrected chi connectivity index (χ1v) is 7.10. The van der Waals surface area contributed by atoms with Gasteiger partial charge in [-0.2, -0.15) is 0 Å². The molecular weight excluding hydrogens is 344 g/mol. The van der Waals surface area contributed by atoms with Gasteiger partial charge in [0.25, 0.3) is 0 Å². The quantitative estimate of drug-likeness (QED) is 0.800. The van der Waals surface area contributed by atoms with Crippen LogP contribution in [-0.2, 0) is 6.42 Å². The molecule has 94 valence electrons. The number of furan rings is 1. The highest BCUT2D eigenvalue weighted by Crippen LogP contribution is 2.34. The lowest BCUT2D eigenvalue weighted by Gasteiger charge is -2.24. The van der Waals surface area contributed by atoms with Crippen LogP contribution >= 0.6 is 22.6 Å². The Balaban J connectivity index is 1.86. The molecule has 2 nitrogen and oxygen atoms in total. The summed E-state index contributed by atoms with van der Waals surface area (Å²) in [7, 11) is 0. The summed E-state index contributed by atoms with van der Waals surface area (Å²) >= 11 is 2.15. The molecule has 1 heterocycles. The maximum atomic E-state index is 13.1. The van der Waals surface area contributed by atoms with Crippen molar-refractivity contribution in [2.75, 3.05) is 5.32 Å².